The van der Waals surface area contributed by atoms with E-state index in [9.17, 15) is 0 Å². The second-order valence-corrected chi connectivity index (χ2v) is 6.09. The van der Waals surface area contributed by atoms with Crippen molar-refractivity contribution < 1.29 is 4.74 Å². The molecule has 0 bridgehead atoms. The van der Waals surface area contributed by atoms with E-state index in [0.717, 1.165) is 35.2 Å². The van der Waals surface area contributed by atoms with Crippen LogP contribution in [0.25, 0.3) is 0 Å². The predicted octanol–water partition coefficient (Wildman–Crippen LogP) is 5.08. The van der Waals surface area contributed by atoms with E-state index in [2.05, 4.69) is 54.0 Å². The van der Waals surface area contributed by atoms with Gasteiger partial charge in [-0.2, -0.15) is 0 Å². The minimum atomic E-state index is 0.213. The van der Waals surface area contributed by atoms with Crippen molar-refractivity contribution in [2.24, 2.45) is 5.73 Å². The summed E-state index contributed by atoms with van der Waals surface area (Å²) < 4.78 is 6.88. The molecule has 112 valence electrons. The Morgan fingerprint density at radius 3 is 2.29 bits per heavy atom. The zero-order valence-electron chi connectivity index (χ0n) is 12.6. The van der Waals surface area contributed by atoms with Crippen LogP contribution < -0.4 is 10.5 Å². The van der Waals surface area contributed by atoms with E-state index in [1.807, 2.05) is 18.2 Å². The fraction of sp³-hybridized carbons (Fsp3) is 0.333. The summed E-state index contributed by atoms with van der Waals surface area (Å²) in [4.78, 5) is 0. The van der Waals surface area contributed by atoms with E-state index in [1.54, 1.807) is 0 Å². The molecule has 2 aromatic carbocycles. The van der Waals surface area contributed by atoms with Crippen molar-refractivity contribution in [1.29, 1.82) is 0 Å². The molecule has 0 aliphatic carbocycles. The first-order valence-corrected chi connectivity index (χ1v) is 8.22. The van der Waals surface area contributed by atoms with Crippen LogP contribution in [-0.2, 0) is 12.8 Å². The minimum absolute atomic E-state index is 0.213. The van der Waals surface area contributed by atoms with Crippen molar-refractivity contribution in [2.75, 3.05) is 0 Å². The molecular formula is C18H22BrNO. The van der Waals surface area contributed by atoms with Crippen LogP contribution in [0.2, 0.25) is 0 Å². The van der Waals surface area contributed by atoms with Crippen LogP contribution in [0.5, 0.6) is 11.5 Å². The summed E-state index contributed by atoms with van der Waals surface area (Å²) in [6, 6.07) is 14.6. The highest BCUT2D eigenvalue weighted by molar-refractivity contribution is 9.10. The molecule has 2 rings (SSSR count). The molecule has 2 aromatic rings. The number of rotatable bonds is 6. The lowest BCUT2D eigenvalue weighted by Gasteiger charge is -2.12. The summed E-state index contributed by atoms with van der Waals surface area (Å²) >= 11 is 3.58. The van der Waals surface area contributed by atoms with E-state index in [1.165, 1.54) is 11.1 Å². The lowest BCUT2D eigenvalue weighted by Crippen LogP contribution is -2.21. The van der Waals surface area contributed by atoms with Gasteiger partial charge < -0.3 is 10.5 Å². The number of hydrogen-bond acceptors (Lipinski definition) is 2. The molecule has 0 spiro atoms. The maximum absolute atomic E-state index is 6.00. The molecule has 0 heterocycles. The first-order valence-electron chi connectivity index (χ1n) is 7.43. The third-order valence-corrected chi connectivity index (χ3v) is 4.20. The second kappa shape index (κ2) is 7.62. The van der Waals surface area contributed by atoms with Gasteiger partial charge in [-0.1, -0.05) is 32.0 Å². The molecule has 0 amide bonds. The molecular weight excluding hydrogens is 326 g/mol. The Balaban J connectivity index is 2.09. The Kier molecular flexibility index (Phi) is 5.83. The van der Waals surface area contributed by atoms with Gasteiger partial charge in [-0.3, -0.25) is 0 Å². The van der Waals surface area contributed by atoms with Crippen molar-refractivity contribution in [3.8, 4) is 11.5 Å². The van der Waals surface area contributed by atoms with E-state index in [4.69, 9.17) is 10.5 Å². The molecule has 0 fully saturated rings. The quantitative estimate of drug-likeness (QED) is 0.790. The van der Waals surface area contributed by atoms with Gasteiger partial charge in [0.2, 0.25) is 0 Å². The number of aryl methyl sites for hydroxylation is 1. The Morgan fingerprint density at radius 1 is 1.05 bits per heavy atom. The van der Waals surface area contributed by atoms with Gasteiger partial charge in [0.1, 0.15) is 11.5 Å². The second-order valence-electron chi connectivity index (χ2n) is 5.24. The third-order valence-electron chi connectivity index (χ3n) is 3.58. The fourth-order valence-electron chi connectivity index (χ4n) is 2.12. The zero-order valence-corrected chi connectivity index (χ0v) is 14.2. The number of halogens is 1. The first kappa shape index (κ1) is 16.1. The van der Waals surface area contributed by atoms with Gasteiger partial charge >= 0.3 is 0 Å². The standard InChI is InChI=1S/C18H22BrNO/c1-3-13-5-8-16(9-6-13)21-18-10-7-14(12-17(18)19)11-15(20)4-2/h5-10,12,15H,3-4,11,20H2,1-2H3. The largest absolute Gasteiger partial charge is 0.456 e. The molecule has 0 aromatic heterocycles. The number of hydrogen-bond donors (Lipinski definition) is 1. The molecule has 21 heavy (non-hydrogen) atoms. The number of ether oxygens (including phenoxy) is 1. The third kappa shape index (κ3) is 4.58. The highest BCUT2D eigenvalue weighted by atomic mass is 79.9. The fourth-order valence-corrected chi connectivity index (χ4v) is 2.63. The first-order chi connectivity index (χ1) is 10.1. The van der Waals surface area contributed by atoms with Crippen LogP contribution in [0.4, 0.5) is 0 Å². The zero-order chi connectivity index (χ0) is 15.2. The Hall–Kier alpha value is -1.32. The summed E-state index contributed by atoms with van der Waals surface area (Å²) in [5.41, 5.74) is 8.53. The average Bonchev–Trinajstić information content (AvgIpc) is 2.50. The number of benzene rings is 2. The Bertz CT molecular complexity index is 580. The average molecular weight is 348 g/mol. The monoisotopic (exact) mass is 347 g/mol. The Morgan fingerprint density at radius 2 is 1.71 bits per heavy atom. The molecule has 0 saturated heterocycles. The van der Waals surface area contributed by atoms with Crippen molar-refractivity contribution in [2.45, 2.75) is 39.2 Å². The maximum Gasteiger partial charge on any atom is 0.141 e. The van der Waals surface area contributed by atoms with Crippen molar-refractivity contribution >= 4 is 15.9 Å². The topological polar surface area (TPSA) is 35.2 Å². The van der Waals surface area contributed by atoms with Crippen LogP contribution in [0, 0.1) is 0 Å². The minimum Gasteiger partial charge on any atom is -0.456 e. The van der Waals surface area contributed by atoms with E-state index < -0.39 is 0 Å². The summed E-state index contributed by atoms with van der Waals surface area (Å²) in [6.45, 7) is 4.25. The van der Waals surface area contributed by atoms with Crippen molar-refractivity contribution in [3.05, 3.63) is 58.1 Å². The highest BCUT2D eigenvalue weighted by Gasteiger charge is 2.07. The van der Waals surface area contributed by atoms with Gasteiger partial charge in [-0.05, 0) is 70.6 Å². The van der Waals surface area contributed by atoms with Crippen LogP contribution in [0.1, 0.15) is 31.4 Å². The lowest BCUT2D eigenvalue weighted by atomic mass is 10.0. The summed E-state index contributed by atoms with van der Waals surface area (Å²) in [7, 11) is 0. The molecule has 1 atom stereocenters. The van der Waals surface area contributed by atoms with Crippen LogP contribution >= 0.6 is 15.9 Å². The van der Waals surface area contributed by atoms with Crippen LogP contribution in [0.15, 0.2) is 46.9 Å². The van der Waals surface area contributed by atoms with Gasteiger partial charge in [-0.25, -0.2) is 0 Å². The molecule has 0 saturated carbocycles. The van der Waals surface area contributed by atoms with Gasteiger partial charge in [0.25, 0.3) is 0 Å². The van der Waals surface area contributed by atoms with E-state index >= 15 is 0 Å². The molecule has 2 nitrogen and oxygen atoms in total. The van der Waals surface area contributed by atoms with Gasteiger partial charge in [0.05, 0.1) is 4.47 Å². The summed E-state index contributed by atoms with van der Waals surface area (Å²) in [6.07, 6.45) is 2.91. The Labute approximate surface area is 135 Å². The number of nitrogens with two attached hydrogens (primary N) is 1. The maximum atomic E-state index is 6.00. The van der Waals surface area contributed by atoms with Crippen LogP contribution in [-0.4, -0.2) is 6.04 Å². The molecule has 2 N–H and O–H groups in total. The van der Waals surface area contributed by atoms with Gasteiger partial charge in [0.15, 0.2) is 0 Å². The van der Waals surface area contributed by atoms with Gasteiger partial charge in [-0.15, -0.1) is 0 Å². The SMILES string of the molecule is CCc1ccc(Oc2ccc(CC(N)CC)cc2Br)cc1. The molecule has 0 radical (unpaired) electrons. The van der Waals surface area contributed by atoms with Crippen molar-refractivity contribution in [3.63, 3.8) is 0 Å². The van der Waals surface area contributed by atoms with E-state index in [-0.39, 0.29) is 6.04 Å². The summed E-state index contributed by atoms with van der Waals surface area (Å²) in [5.74, 6) is 1.68. The normalized spacial score (nSPS) is 12.2. The van der Waals surface area contributed by atoms with Gasteiger partial charge in [0, 0.05) is 6.04 Å². The van der Waals surface area contributed by atoms with Crippen molar-refractivity contribution in [1.82, 2.24) is 0 Å². The summed E-state index contributed by atoms with van der Waals surface area (Å²) in [5, 5.41) is 0. The van der Waals surface area contributed by atoms with Crippen LogP contribution in [0.3, 0.4) is 0 Å². The molecule has 1 unspecified atom stereocenters. The molecule has 3 heteroatoms. The molecule has 0 aliphatic rings. The smallest absolute Gasteiger partial charge is 0.141 e. The molecule has 0 aliphatic heterocycles. The lowest BCUT2D eigenvalue weighted by molar-refractivity contribution is 0.479. The highest BCUT2D eigenvalue weighted by Crippen LogP contribution is 2.31. The predicted molar refractivity (Wildman–Crippen MR) is 92.0 cm³/mol. The van der Waals surface area contributed by atoms with E-state index in [0.29, 0.717) is 0 Å².